The fourth-order valence-corrected chi connectivity index (χ4v) is 1.61. The van der Waals surface area contributed by atoms with E-state index in [0.717, 1.165) is 6.42 Å². The van der Waals surface area contributed by atoms with E-state index in [-0.39, 0.29) is 5.78 Å². The summed E-state index contributed by atoms with van der Waals surface area (Å²) in [5.74, 6) is 1.45. The normalized spacial score (nSPS) is 15.8. The smallest absolute Gasteiger partial charge is 0.143 e. The number of nitrogens with one attached hydrogen (secondary N) is 1. The minimum Gasteiger partial charge on any atom is -0.307 e. The standard InChI is InChI=1S/C11H23NO/c1-6-9(4)11(8(2)3)12-7-10(5)13/h8-9,11-12H,6-7H2,1-5H3. The van der Waals surface area contributed by atoms with Crippen molar-refractivity contribution in [2.75, 3.05) is 6.54 Å². The number of Topliss-reactive ketones (excluding diaryl/α,β-unsaturated/α-hetero) is 1. The van der Waals surface area contributed by atoms with E-state index in [0.29, 0.717) is 24.4 Å². The molecule has 0 aliphatic heterocycles. The predicted molar refractivity (Wildman–Crippen MR) is 56.8 cm³/mol. The molecule has 0 aliphatic carbocycles. The van der Waals surface area contributed by atoms with Crippen LogP contribution in [0, 0.1) is 11.8 Å². The van der Waals surface area contributed by atoms with E-state index in [1.54, 1.807) is 6.92 Å². The molecular weight excluding hydrogens is 162 g/mol. The van der Waals surface area contributed by atoms with Gasteiger partial charge in [-0.15, -0.1) is 0 Å². The summed E-state index contributed by atoms with van der Waals surface area (Å²) in [5.41, 5.74) is 0. The van der Waals surface area contributed by atoms with Crippen molar-refractivity contribution in [3.63, 3.8) is 0 Å². The molecule has 0 aromatic rings. The highest BCUT2D eigenvalue weighted by Crippen LogP contribution is 2.15. The van der Waals surface area contributed by atoms with Crippen LogP contribution in [0.5, 0.6) is 0 Å². The minimum absolute atomic E-state index is 0.217. The first-order chi connectivity index (χ1) is 5.99. The van der Waals surface area contributed by atoms with E-state index in [2.05, 4.69) is 33.0 Å². The lowest BCUT2D eigenvalue weighted by Crippen LogP contribution is -2.41. The third-order valence-corrected chi connectivity index (χ3v) is 2.56. The molecular formula is C11H23NO. The van der Waals surface area contributed by atoms with Gasteiger partial charge in [0.15, 0.2) is 0 Å². The molecule has 1 N–H and O–H groups in total. The molecule has 2 heteroatoms. The van der Waals surface area contributed by atoms with Crippen molar-refractivity contribution in [2.24, 2.45) is 11.8 Å². The van der Waals surface area contributed by atoms with Crippen LogP contribution in [0.25, 0.3) is 0 Å². The lowest BCUT2D eigenvalue weighted by molar-refractivity contribution is -0.116. The third kappa shape index (κ3) is 5.04. The molecule has 0 saturated heterocycles. The molecule has 13 heavy (non-hydrogen) atoms. The third-order valence-electron chi connectivity index (χ3n) is 2.56. The lowest BCUT2D eigenvalue weighted by Gasteiger charge is -2.27. The van der Waals surface area contributed by atoms with Crippen molar-refractivity contribution in [2.45, 2.75) is 47.1 Å². The van der Waals surface area contributed by atoms with Crippen molar-refractivity contribution in [1.82, 2.24) is 5.32 Å². The molecule has 78 valence electrons. The molecule has 0 amide bonds. The summed E-state index contributed by atoms with van der Waals surface area (Å²) in [4.78, 5) is 10.8. The van der Waals surface area contributed by atoms with E-state index >= 15 is 0 Å². The maximum absolute atomic E-state index is 10.8. The first-order valence-corrected chi connectivity index (χ1v) is 5.21. The van der Waals surface area contributed by atoms with Gasteiger partial charge in [-0.3, -0.25) is 4.79 Å². The first kappa shape index (κ1) is 12.6. The van der Waals surface area contributed by atoms with Gasteiger partial charge in [-0.2, -0.15) is 0 Å². The zero-order valence-corrected chi connectivity index (χ0v) is 9.55. The second-order valence-corrected chi connectivity index (χ2v) is 4.24. The summed E-state index contributed by atoms with van der Waals surface area (Å²) in [7, 11) is 0. The van der Waals surface area contributed by atoms with Gasteiger partial charge in [-0.1, -0.05) is 34.1 Å². The second-order valence-electron chi connectivity index (χ2n) is 4.24. The number of carbonyl (C=O) groups excluding carboxylic acids is 1. The molecule has 0 heterocycles. The predicted octanol–water partition coefficient (Wildman–Crippen LogP) is 2.24. The highest BCUT2D eigenvalue weighted by atomic mass is 16.1. The van der Waals surface area contributed by atoms with Crippen LogP contribution < -0.4 is 5.32 Å². The Labute approximate surface area is 82.1 Å². The van der Waals surface area contributed by atoms with Gasteiger partial charge in [-0.25, -0.2) is 0 Å². The Balaban J connectivity index is 4.02. The highest BCUT2D eigenvalue weighted by Gasteiger charge is 2.18. The lowest BCUT2D eigenvalue weighted by atomic mass is 9.90. The van der Waals surface area contributed by atoms with E-state index in [4.69, 9.17) is 0 Å². The number of ketones is 1. The highest BCUT2D eigenvalue weighted by molar-refractivity contribution is 5.77. The zero-order valence-electron chi connectivity index (χ0n) is 9.55. The summed E-state index contributed by atoms with van der Waals surface area (Å²) in [6.07, 6.45) is 1.16. The van der Waals surface area contributed by atoms with Gasteiger partial charge in [0.1, 0.15) is 5.78 Å². The topological polar surface area (TPSA) is 29.1 Å². The van der Waals surface area contributed by atoms with E-state index in [1.165, 1.54) is 0 Å². The monoisotopic (exact) mass is 185 g/mol. The largest absolute Gasteiger partial charge is 0.307 e. The van der Waals surface area contributed by atoms with Crippen molar-refractivity contribution in [1.29, 1.82) is 0 Å². The second kappa shape index (κ2) is 6.14. The maximum Gasteiger partial charge on any atom is 0.143 e. The van der Waals surface area contributed by atoms with Crippen LogP contribution in [0.15, 0.2) is 0 Å². The summed E-state index contributed by atoms with van der Waals surface area (Å²) in [5, 5.41) is 3.32. The number of hydrogen-bond donors (Lipinski definition) is 1. The fourth-order valence-electron chi connectivity index (χ4n) is 1.61. The van der Waals surface area contributed by atoms with Gasteiger partial charge >= 0.3 is 0 Å². The van der Waals surface area contributed by atoms with Crippen molar-refractivity contribution in [3.8, 4) is 0 Å². The van der Waals surface area contributed by atoms with Crippen LogP contribution in [0.2, 0.25) is 0 Å². The van der Waals surface area contributed by atoms with Crippen LogP contribution in [0.1, 0.15) is 41.0 Å². The quantitative estimate of drug-likeness (QED) is 0.687. The van der Waals surface area contributed by atoms with E-state index < -0.39 is 0 Å². The Morgan fingerprint density at radius 2 is 1.85 bits per heavy atom. The average Bonchev–Trinajstić information content (AvgIpc) is 2.03. The summed E-state index contributed by atoms with van der Waals surface area (Å²) in [6, 6.07) is 0.467. The van der Waals surface area contributed by atoms with Gasteiger partial charge in [0.05, 0.1) is 6.54 Å². The van der Waals surface area contributed by atoms with Crippen LogP contribution in [-0.2, 0) is 4.79 Å². The first-order valence-electron chi connectivity index (χ1n) is 5.21. The Morgan fingerprint density at radius 3 is 2.15 bits per heavy atom. The van der Waals surface area contributed by atoms with Crippen LogP contribution in [-0.4, -0.2) is 18.4 Å². The maximum atomic E-state index is 10.8. The number of rotatable bonds is 6. The Bertz CT molecular complexity index is 154. The van der Waals surface area contributed by atoms with Crippen LogP contribution in [0.3, 0.4) is 0 Å². The Hall–Kier alpha value is -0.370. The van der Waals surface area contributed by atoms with Crippen LogP contribution in [0.4, 0.5) is 0 Å². The van der Waals surface area contributed by atoms with Gasteiger partial charge in [0.25, 0.3) is 0 Å². The van der Waals surface area contributed by atoms with Gasteiger partial charge in [0, 0.05) is 6.04 Å². The summed E-state index contributed by atoms with van der Waals surface area (Å²) in [6.45, 7) is 11.0. The average molecular weight is 185 g/mol. The number of carbonyl (C=O) groups is 1. The van der Waals surface area contributed by atoms with Crippen molar-refractivity contribution >= 4 is 5.78 Å². The van der Waals surface area contributed by atoms with Gasteiger partial charge < -0.3 is 5.32 Å². The number of hydrogen-bond acceptors (Lipinski definition) is 2. The SMILES string of the molecule is CCC(C)C(NCC(C)=O)C(C)C. The molecule has 2 atom stereocenters. The van der Waals surface area contributed by atoms with Crippen LogP contribution >= 0.6 is 0 Å². The van der Waals surface area contributed by atoms with E-state index in [9.17, 15) is 4.79 Å². The molecule has 0 aromatic carbocycles. The van der Waals surface area contributed by atoms with Crippen molar-refractivity contribution in [3.05, 3.63) is 0 Å². The van der Waals surface area contributed by atoms with E-state index in [1.807, 2.05) is 0 Å². The molecule has 0 bridgehead atoms. The fraction of sp³-hybridized carbons (Fsp3) is 0.909. The molecule has 0 aliphatic rings. The Kier molecular flexibility index (Phi) is 5.97. The molecule has 2 unspecified atom stereocenters. The Morgan fingerprint density at radius 1 is 1.31 bits per heavy atom. The van der Waals surface area contributed by atoms with Crippen molar-refractivity contribution < 1.29 is 4.79 Å². The molecule has 2 nitrogen and oxygen atoms in total. The molecule has 0 aromatic heterocycles. The molecule has 0 fully saturated rings. The minimum atomic E-state index is 0.217. The van der Waals surface area contributed by atoms with Gasteiger partial charge in [0.2, 0.25) is 0 Å². The summed E-state index contributed by atoms with van der Waals surface area (Å²) >= 11 is 0. The molecule has 0 saturated carbocycles. The molecule has 0 radical (unpaired) electrons. The molecule has 0 spiro atoms. The molecule has 0 rings (SSSR count). The van der Waals surface area contributed by atoms with Gasteiger partial charge in [-0.05, 0) is 18.8 Å². The summed E-state index contributed by atoms with van der Waals surface area (Å²) < 4.78 is 0. The zero-order chi connectivity index (χ0) is 10.4.